The van der Waals surface area contributed by atoms with E-state index in [-0.39, 0.29) is 12.4 Å². The molecule has 124 valence electrons. The van der Waals surface area contributed by atoms with Crippen LogP contribution in [-0.2, 0) is 9.31 Å². The highest BCUT2D eigenvalue weighted by atomic mass is 16.7. The molecule has 0 atom stereocenters. The van der Waals surface area contributed by atoms with Gasteiger partial charge >= 0.3 is 7.12 Å². The summed E-state index contributed by atoms with van der Waals surface area (Å²) in [5, 5.41) is 9.76. The molecular formula is C18H25BO4. The fourth-order valence-electron chi connectivity index (χ4n) is 2.40. The molecule has 23 heavy (non-hydrogen) atoms. The van der Waals surface area contributed by atoms with Crippen LogP contribution < -0.4 is 0 Å². The van der Waals surface area contributed by atoms with Gasteiger partial charge in [-0.1, -0.05) is 18.2 Å². The number of aryl methyl sites for hydroxylation is 1. The molecule has 0 aromatic heterocycles. The number of benzene rings is 1. The van der Waals surface area contributed by atoms with E-state index < -0.39 is 18.3 Å². The molecule has 1 fully saturated rings. The second-order valence-electron chi connectivity index (χ2n) is 7.09. The predicted molar refractivity (Wildman–Crippen MR) is 92.3 cm³/mol. The third kappa shape index (κ3) is 3.57. The van der Waals surface area contributed by atoms with Crippen molar-refractivity contribution in [3.05, 3.63) is 40.4 Å². The van der Waals surface area contributed by atoms with E-state index in [4.69, 9.17) is 9.31 Å². The average Bonchev–Trinajstić information content (AvgIpc) is 2.66. The molecule has 1 N–H and O–H groups in total. The van der Waals surface area contributed by atoms with E-state index in [2.05, 4.69) is 0 Å². The molecule has 1 heterocycles. The summed E-state index contributed by atoms with van der Waals surface area (Å²) in [6, 6.07) is 5.54. The van der Waals surface area contributed by atoms with E-state index in [0.717, 1.165) is 11.1 Å². The molecule has 1 aliphatic heterocycles. The Labute approximate surface area is 138 Å². The van der Waals surface area contributed by atoms with Crippen molar-refractivity contribution >= 4 is 19.0 Å². The molecule has 1 saturated heterocycles. The first-order valence-electron chi connectivity index (χ1n) is 7.86. The molecule has 0 saturated carbocycles. The van der Waals surface area contributed by atoms with Gasteiger partial charge in [0.1, 0.15) is 0 Å². The summed E-state index contributed by atoms with van der Waals surface area (Å²) >= 11 is 0. The van der Waals surface area contributed by atoms with Gasteiger partial charge in [-0.3, -0.25) is 4.79 Å². The third-order valence-electron chi connectivity index (χ3n) is 4.77. The second kappa shape index (κ2) is 6.23. The Morgan fingerprint density at radius 1 is 1.22 bits per heavy atom. The highest BCUT2D eigenvalue weighted by Gasteiger charge is 2.52. The van der Waals surface area contributed by atoms with Gasteiger partial charge in [0.25, 0.3) is 0 Å². The summed E-state index contributed by atoms with van der Waals surface area (Å²) in [5.74, 6) is 0.0147. The van der Waals surface area contributed by atoms with Gasteiger partial charge < -0.3 is 14.4 Å². The zero-order valence-corrected chi connectivity index (χ0v) is 14.8. The van der Waals surface area contributed by atoms with Crippen LogP contribution in [0.2, 0.25) is 0 Å². The average molecular weight is 316 g/mol. The SMILES string of the molecule is CC(=O)c1ccc(C)c(C=C(CO)B2OC(C)(C)C(C)(C)O2)c1. The maximum atomic E-state index is 11.6. The fraction of sp³-hybridized carbons (Fsp3) is 0.500. The van der Waals surface area contributed by atoms with E-state index in [1.54, 1.807) is 6.92 Å². The summed E-state index contributed by atoms with van der Waals surface area (Å²) in [6.07, 6.45) is 1.85. The monoisotopic (exact) mass is 316 g/mol. The Hall–Kier alpha value is -1.43. The Morgan fingerprint density at radius 3 is 2.26 bits per heavy atom. The summed E-state index contributed by atoms with van der Waals surface area (Å²) in [5.41, 5.74) is 2.29. The smallest absolute Gasteiger partial charge is 0.400 e. The van der Waals surface area contributed by atoms with Gasteiger partial charge in [0.2, 0.25) is 0 Å². The molecule has 1 aliphatic rings. The van der Waals surface area contributed by atoms with Crippen LogP contribution in [0.15, 0.2) is 23.7 Å². The van der Waals surface area contributed by atoms with E-state index in [9.17, 15) is 9.90 Å². The lowest BCUT2D eigenvalue weighted by Gasteiger charge is -2.32. The van der Waals surface area contributed by atoms with Gasteiger partial charge in [0, 0.05) is 5.56 Å². The minimum atomic E-state index is -0.592. The number of rotatable bonds is 4. The number of aliphatic hydroxyl groups is 1. The zero-order valence-electron chi connectivity index (χ0n) is 14.8. The Balaban J connectivity index is 2.37. The van der Waals surface area contributed by atoms with Crippen molar-refractivity contribution in [3.63, 3.8) is 0 Å². The van der Waals surface area contributed by atoms with Crippen LogP contribution in [0, 0.1) is 6.92 Å². The maximum absolute atomic E-state index is 11.6. The molecular weight excluding hydrogens is 291 g/mol. The minimum Gasteiger partial charge on any atom is -0.400 e. The van der Waals surface area contributed by atoms with E-state index in [0.29, 0.717) is 11.0 Å². The predicted octanol–water partition coefficient (Wildman–Crippen LogP) is 3.20. The lowest BCUT2D eigenvalue weighted by molar-refractivity contribution is 0.00578. The summed E-state index contributed by atoms with van der Waals surface area (Å²) < 4.78 is 12.0. The Bertz CT molecular complexity index is 630. The van der Waals surface area contributed by atoms with Crippen LogP contribution >= 0.6 is 0 Å². The van der Waals surface area contributed by atoms with Gasteiger partial charge in [0.15, 0.2) is 5.78 Å². The number of hydrogen-bond acceptors (Lipinski definition) is 4. The van der Waals surface area contributed by atoms with Crippen LogP contribution in [0.25, 0.3) is 6.08 Å². The molecule has 1 aromatic rings. The van der Waals surface area contributed by atoms with Crippen LogP contribution in [0.5, 0.6) is 0 Å². The van der Waals surface area contributed by atoms with Crippen molar-refractivity contribution in [2.45, 2.75) is 52.7 Å². The number of Topliss-reactive ketones (excluding diaryl/α,β-unsaturated/α-hetero) is 1. The largest absolute Gasteiger partial charge is 0.492 e. The van der Waals surface area contributed by atoms with Crippen molar-refractivity contribution < 1.29 is 19.2 Å². The standard InChI is InChI=1S/C18H25BO4/c1-12-7-8-14(13(2)21)9-15(12)10-16(11-20)19-22-17(3,4)18(5,6)23-19/h7-10,20H,11H2,1-6H3. The Morgan fingerprint density at radius 2 is 1.78 bits per heavy atom. The van der Waals surface area contributed by atoms with Crippen molar-refractivity contribution in [2.24, 2.45) is 0 Å². The normalized spacial score (nSPS) is 20.0. The number of aliphatic hydroxyl groups excluding tert-OH is 1. The summed E-state index contributed by atoms with van der Waals surface area (Å²) in [4.78, 5) is 11.6. The molecule has 0 spiro atoms. The minimum absolute atomic E-state index is 0.0147. The molecule has 2 rings (SSSR count). The molecule has 5 heteroatoms. The van der Waals surface area contributed by atoms with Crippen LogP contribution in [0.1, 0.15) is 56.1 Å². The van der Waals surface area contributed by atoms with Gasteiger partial charge in [-0.25, -0.2) is 0 Å². The fourth-order valence-corrected chi connectivity index (χ4v) is 2.40. The highest BCUT2D eigenvalue weighted by molar-refractivity contribution is 6.55. The summed E-state index contributed by atoms with van der Waals surface area (Å²) in [7, 11) is -0.592. The molecule has 4 nitrogen and oxygen atoms in total. The van der Waals surface area contributed by atoms with Crippen molar-refractivity contribution in [2.75, 3.05) is 6.61 Å². The number of hydrogen-bond donors (Lipinski definition) is 1. The van der Waals surface area contributed by atoms with Crippen LogP contribution in [-0.4, -0.2) is 35.8 Å². The quantitative estimate of drug-likeness (QED) is 0.684. The van der Waals surface area contributed by atoms with E-state index in [1.807, 2.05) is 58.9 Å². The first-order chi connectivity index (χ1) is 10.6. The number of carbonyl (C=O) groups excluding carboxylic acids is 1. The van der Waals surface area contributed by atoms with Gasteiger partial charge in [-0.2, -0.15) is 0 Å². The Kier molecular flexibility index (Phi) is 4.85. The lowest BCUT2D eigenvalue weighted by Crippen LogP contribution is -2.41. The number of ketones is 1. The topological polar surface area (TPSA) is 55.8 Å². The first-order valence-corrected chi connectivity index (χ1v) is 7.86. The van der Waals surface area contributed by atoms with Gasteiger partial charge in [-0.15, -0.1) is 0 Å². The van der Waals surface area contributed by atoms with Gasteiger partial charge in [-0.05, 0) is 64.2 Å². The molecule has 0 aliphatic carbocycles. The van der Waals surface area contributed by atoms with Crippen molar-refractivity contribution in [3.8, 4) is 0 Å². The molecule has 0 bridgehead atoms. The second-order valence-corrected chi connectivity index (χ2v) is 7.09. The zero-order chi connectivity index (χ0) is 17.4. The molecule has 1 aromatic carbocycles. The van der Waals surface area contributed by atoms with Crippen LogP contribution in [0.3, 0.4) is 0 Å². The van der Waals surface area contributed by atoms with Crippen molar-refractivity contribution in [1.82, 2.24) is 0 Å². The lowest BCUT2D eigenvalue weighted by atomic mass is 9.77. The van der Waals surface area contributed by atoms with E-state index >= 15 is 0 Å². The first kappa shape index (κ1) is 17.9. The third-order valence-corrected chi connectivity index (χ3v) is 4.77. The number of carbonyl (C=O) groups is 1. The molecule has 0 amide bonds. The molecule has 0 radical (unpaired) electrons. The van der Waals surface area contributed by atoms with Crippen LogP contribution in [0.4, 0.5) is 0 Å². The van der Waals surface area contributed by atoms with E-state index in [1.165, 1.54) is 0 Å². The highest BCUT2D eigenvalue weighted by Crippen LogP contribution is 2.38. The molecule has 0 unspecified atom stereocenters. The maximum Gasteiger partial charge on any atom is 0.492 e. The summed E-state index contributed by atoms with van der Waals surface area (Å²) in [6.45, 7) is 11.2. The van der Waals surface area contributed by atoms with Gasteiger partial charge in [0.05, 0.1) is 17.8 Å². The van der Waals surface area contributed by atoms with Crippen molar-refractivity contribution in [1.29, 1.82) is 0 Å².